The van der Waals surface area contributed by atoms with E-state index in [1.165, 1.54) is 0 Å². The predicted octanol–water partition coefficient (Wildman–Crippen LogP) is 4.60. The van der Waals surface area contributed by atoms with Gasteiger partial charge in [-0.3, -0.25) is 14.0 Å². The summed E-state index contributed by atoms with van der Waals surface area (Å²) in [6.07, 6.45) is 2.47. The molecule has 2 aromatic heterocycles. The first-order valence-electron chi connectivity index (χ1n) is 13.0. The average Bonchev–Trinajstić information content (AvgIpc) is 3.40. The van der Waals surface area contributed by atoms with E-state index >= 15 is 0 Å². The zero-order valence-electron chi connectivity index (χ0n) is 22.4. The Labute approximate surface area is 227 Å². The highest BCUT2D eigenvalue weighted by Gasteiger charge is 2.46. The molecule has 5 rings (SSSR count). The summed E-state index contributed by atoms with van der Waals surface area (Å²) in [7, 11) is 3.93. The monoisotopic (exact) mass is 524 g/mol. The lowest BCUT2D eigenvalue weighted by Crippen LogP contribution is -2.32. The van der Waals surface area contributed by atoms with Crippen molar-refractivity contribution in [3.8, 4) is 5.75 Å². The Morgan fingerprint density at radius 3 is 2.44 bits per heavy atom. The van der Waals surface area contributed by atoms with Crippen LogP contribution >= 0.6 is 0 Å². The van der Waals surface area contributed by atoms with E-state index in [1.807, 2.05) is 91.8 Å². The molecule has 1 fully saturated rings. The van der Waals surface area contributed by atoms with Gasteiger partial charge in [0.05, 0.1) is 17.3 Å². The van der Waals surface area contributed by atoms with Crippen LogP contribution in [-0.4, -0.2) is 63.2 Å². The van der Waals surface area contributed by atoms with Gasteiger partial charge < -0.3 is 19.6 Å². The number of hydrogen-bond acceptors (Lipinski definition) is 6. The minimum atomic E-state index is -0.732. The number of imidazole rings is 1. The second-order valence-corrected chi connectivity index (χ2v) is 9.97. The number of fused-ring (bicyclic) bond motifs is 1. The number of rotatable bonds is 9. The second-order valence-electron chi connectivity index (χ2n) is 9.97. The molecule has 0 saturated carbocycles. The van der Waals surface area contributed by atoms with E-state index in [0.717, 1.165) is 17.7 Å². The molecule has 1 N–H and O–H groups in total. The Bertz CT molecular complexity index is 1520. The zero-order chi connectivity index (χ0) is 27.5. The molecule has 3 heterocycles. The lowest BCUT2D eigenvalue weighted by molar-refractivity contribution is -0.139. The molecule has 8 heteroatoms. The van der Waals surface area contributed by atoms with Crippen LogP contribution in [0, 0.1) is 6.92 Å². The van der Waals surface area contributed by atoms with Gasteiger partial charge in [-0.2, -0.15) is 0 Å². The van der Waals surface area contributed by atoms with E-state index in [2.05, 4.69) is 4.98 Å². The Kier molecular flexibility index (Phi) is 7.47. The molecule has 1 aliphatic heterocycles. The van der Waals surface area contributed by atoms with Gasteiger partial charge in [0, 0.05) is 12.7 Å². The normalized spacial score (nSPS) is 16.9. The third kappa shape index (κ3) is 5.28. The molecule has 1 amide bonds. The van der Waals surface area contributed by atoms with Crippen LogP contribution in [0.2, 0.25) is 0 Å². The number of aliphatic hydroxyl groups is 1. The third-order valence-corrected chi connectivity index (χ3v) is 6.92. The summed E-state index contributed by atoms with van der Waals surface area (Å²) >= 11 is 0. The molecule has 0 radical (unpaired) electrons. The summed E-state index contributed by atoms with van der Waals surface area (Å²) in [6.45, 7) is 3.34. The maximum absolute atomic E-state index is 13.4. The Balaban J connectivity index is 1.53. The molecular weight excluding hydrogens is 492 g/mol. The Morgan fingerprint density at radius 2 is 1.72 bits per heavy atom. The highest BCUT2D eigenvalue weighted by molar-refractivity contribution is 6.46. The first-order chi connectivity index (χ1) is 18.8. The molecule has 2 aromatic carbocycles. The lowest BCUT2D eigenvalue weighted by Gasteiger charge is -2.26. The highest BCUT2D eigenvalue weighted by Crippen LogP contribution is 2.40. The van der Waals surface area contributed by atoms with E-state index in [0.29, 0.717) is 42.4 Å². The Morgan fingerprint density at radius 1 is 1.00 bits per heavy atom. The van der Waals surface area contributed by atoms with Crippen molar-refractivity contribution in [3.05, 3.63) is 107 Å². The van der Waals surface area contributed by atoms with Crippen LogP contribution < -0.4 is 4.74 Å². The quantitative estimate of drug-likeness (QED) is 0.196. The number of hydrogen-bond donors (Lipinski definition) is 1. The molecule has 1 unspecified atom stereocenters. The number of Topliss-reactive ketones (excluding diaryl/α,β-unsaturated/α-hetero) is 1. The number of likely N-dealkylation sites (tertiary alicyclic amines) is 1. The summed E-state index contributed by atoms with van der Waals surface area (Å²) < 4.78 is 7.68. The molecule has 0 bridgehead atoms. The highest BCUT2D eigenvalue weighted by atomic mass is 16.5. The van der Waals surface area contributed by atoms with Crippen molar-refractivity contribution >= 4 is 23.1 Å². The summed E-state index contributed by atoms with van der Waals surface area (Å²) in [5.74, 6) is -0.868. The van der Waals surface area contributed by atoms with Gasteiger partial charge in [-0.1, -0.05) is 48.5 Å². The molecule has 0 aliphatic carbocycles. The van der Waals surface area contributed by atoms with Crippen LogP contribution in [0.3, 0.4) is 0 Å². The number of aliphatic hydroxyl groups excluding tert-OH is 1. The van der Waals surface area contributed by atoms with Gasteiger partial charge in [0.15, 0.2) is 5.76 Å². The van der Waals surface area contributed by atoms with Crippen molar-refractivity contribution in [2.24, 2.45) is 0 Å². The fraction of sp³-hybridized carbons (Fsp3) is 0.258. The first-order valence-corrected chi connectivity index (χ1v) is 13.0. The van der Waals surface area contributed by atoms with Gasteiger partial charge in [-0.15, -0.1) is 0 Å². The molecule has 8 nitrogen and oxygen atoms in total. The van der Waals surface area contributed by atoms with Gasteiger partial charge in [0.25, 0.3) is 11.7 Å². The van der Waals surface area contributed by atoms with Gasteiger partial charge in [0.1, 0.15) is 23.7 Å². The lowest BCUT2D eigenvalue weighted by atomic mass is 9.96. The summed E-state index contributed by atoms with van der Waals surface area (Å²) in [5.41, 5.74) is 3.47. The van der Waals surface area contributed by atoms with Crippen molar-refractivity contribution in [1.29, 1.82) is 0 Å². The topological polar surface area (TPSA) is 87.4 Å². The van der Waals surface area contributed by atoms with E-state index in [9.17, 15) is 14.7 Å². The number of nitrogens with zero attached hydrogens (tertiary/aromatic N) is 4. The van der Waals surface area contributed by atoms with Crippen LogP contribution in [0.4, 0.5) is 0 Å². The van der Waals surface area contributed by atoms with Gasteiger partial charge in [-0.05, 0) is 69.4 Å². The van der Waals surface area contributed by atoms with Gasteiger partial charge in [0.2, 0.25) is 0 Å². The molecular formula is C31H32N4O4. The zero-order valence-corrected chi connectivity index (χ0v) is 22.4. The minimum Gasteiger partial charge on any atom is -0.505 e. The van der Waals surface area contributed by atoms with E-state index in [4.69, 9.17) is 4.74 Å². The van der Waals surface area contributed by atoms with Crippen LogP contribution in [0.15, 0.2) is 84.6 Å². The second kappa shape index (κ2) is 11.1. The van der Waals surface area contributed by atoms with Crippen LogP contribution in [0.5, 0.6) is 5.75 Å². The SMILES string of the molecule is Cc1nc2ccccn2c1/C(O)=C1\C(=O)C(=O)N(CCCN(C)C)C1c1ccc(OCc2ccccc2)cc1. The number of aromatic nitrogens is 2. The maximum atomic E-state index is 13.4. The maximum Gasteiger partial charge on any atom is 0.295 e. The number of ketones is 1. The van der Waals surface area contributed by atoms with Crippen molar-refractivity contribution in [2.45, 2.75) is 26.0 Å². The fourth-order valence-corrected chi connectivity index (χ4v) is 5.03. The Hall–Kier alpha value is -4.43. The van der Waals surface area contributed by atoms with Crippen LogP contribution in [0.1, 0.15) is 35.0 Å². The van der Waals surface area contributed by atoms with Crippen molar-refractivity contribution in [3.63, 3.8) is 0 Å². The molecule has 200 valence electrons. The third-order valence-electron chi connectivity index (χ3n) is 6.92. The number of ether oxygens (including phenoxy) is 1. The van der Waals surface area contributed by atoms with Crippen molar-refractivity contribution in [1.82, 2.24) is 19.2 Å². The van der Waals surface area contributed by atoms with E-state index in [-0.39, 0.29) is 11.3 Å². The molecule has 39 heavy (non-hydrogen) atoms. The van der Waals surface area contributed by atoms with Crippen LogP contribution in [0.25, 0.3) is 11.4 Å². The van der Waals surface area contributed by atoms with Gasteiger partial charge >= 0.3 is 0 Å². The molecule has 1 aliphatic rings. The first kappa shape index (κ1) is 26.2. The number of carbonyl (C=O) groups is 2. The van der Waals surface area contributed by atoms with Crippen LogP contribution in [-0.2, 0) is 16.2 Å². The molecule has 4 aromatic rings. The number of pyridine rings is 1. The number of carbonyl (C=O) groups excluding carboxylic acids is 2. The standard InChI is InChI=1S/C31H32N4O4/c1-21-27(34-18-8-7-12-25(34)32-21)29(36)26-28(35(31(38)30(26)37)19-9-17-33(2)3)23-13-15-24(16-14-23)39-20-22-10-5-4-6-11-22/h4-8,10-16,18,28,36H,9,17,19-20H2,1-3H3/b29-26+. The average molecular weight is 525 g/mol. The number of aryl methyl sites for hydroxylation is 1. The minimum absolute atomic E-state index is 0.0663. The van der Waals surface area contributed by atoms with E-state index < -0.39 is 17.7 Å². The molecule has 1 atom stereocenters. The summed E-state index contributed by atoms with van der Waals surface area (Å²) in [4.78, 5) is 34.9. The molecule has 0 spiro atoms. The smallest absolute Gasteiger partial charge is 0.295 e. The summed E-state index contributed by atoms with van der Waals surface area (Å²) in [5, 5.41) is 11.6. The van der Waals surface area contributed by atoms with Gasteiger partial charge in [-0.25, -0.2) is 4.98 Å². The number of amides is 1. The number of benzene rings is 2. The van der Waals surface area contributed by atoms with Crippen molar-refractivity contribution in [2.75, 3.05) is 27.2 Å². The predicted molar refractivity (Wildman–Crippen MR) is 149 cm³/mol. The summed E-state index contributed by atoms with van der Waals surface area (Å²) in [6, 6.07) is 22.0. The fourth-order valence-electron chi connectivity index (χ4n) is 5.03. The largest absolute Gasteiger partial charge is 0.505 e. The van der Waals surface area contributed by atoms with Crippen molar-refractivity contribution < 1.29 is 19.4 Å². The van der Waals surface area contributed by atoms with E-state index in [1.54, 1.807) is 22.4 Å². The molecule has 1 saturated heterocycles.